The lowest BCUT2D eigenvalue weighted by Gasteiger charge is -1.90. The average Bonchev–Trinajstić information content (AvgIpc) is 2.57. The highest BCUT2D eigenvalue weighted by Gasteiger charge is 1.85. The molecule has 0 atom stereocenters. The fraction of sp³-hybridized carbons (Fsp3) is 0.455. The van der Waals surface area contributed by atoms with Gasteiger partial charge in [0.1, 0.15) is 0 Å². The Morgan fingerprint density at radius 3 is 3.00 bits per heavy atom. The Morgan fingerprint density at radius 1 is 1.42 bits per heavy atom. The van der Waals surface area contributed by atoms with Gasteiger partial charge in [-0.2, -0.15) is 0 Å². The van der Waals surface area contributed by atoms with Crippen molar-refractivity contribution in [3.63, 3.8) is 0 Å². The minimum Gasteiger partial charge on any atom is -0.144 e. The maximum Gasteiger partial charge on any atom is 0.0267 e. The normalized spacial score (nSPS) is 11.1. The summed E-state index contributed by atoms with van der Waals surface area (Å²) in [5.74, 6) is 0. The van der Waals surface area contributed by atoms with E-state index in [1.807, 2.05) is 0 Å². The van der Waals surface area contributed by atoms with Gasteiger partial charge in [0.2, 0.25) is 0 Å². The fourth-order valence-corrected chi connectivity index (χ4v) is 1.74. The van der Waals surface area contributed by atoms with Crippen molar-refractivity contribution in [2.75, 3.05) is 0 Å². The van der Waals surface area contributed by atoms with Gasteiger partial charge in [-0.1, -0.05) is 31.9 Å². The lowest BCUT2D eigenvalue weighted by molar-refractivity contribution is 0.730. The third-order valence-electron chi connectivity index (χ3n) is 1.80. The minimum atomic E-state index is 1.23. The Bertz CT molecular complexity index is 209. The topological polar surface area (TPSA) is 0 Å². The van der Waals surface area contributed by atoms with Crippen LogP contribution in [0.4, 0.5) is 0 Å². The summed E-state index contributed by atoms with van der Waals surface area (Å²) in [6, 6.07) is 4.25. The molecule has 1 aromatic heterocycles. The van der Waals surface area contributed by atoms with Crippen molar-refractivity contribution in [3.05, 3.63) is 28.5 Å². The molecule has 0 saturated heterocycles. The van der Waals surface area contributed by atoms with Crippen LogP contribution < -0.4 is 0 Å². The van der Waals surface area contributed by atoms with Gasteiger partial charge in [0.25, 0.3) is 0 Å². The molecular weight excluding hydrogens is 164 g/mol. The standard InChI is InChI=1S/C11H16S/c1-2-3-4-5-6-8-11-9-7-10-12-11/h6-10H,2-5H2,1H3. The Balaban J connectivity index is 2.14. The molecule has 0 bridgehead atoms. The summed E-state index contributed by atoms with van der Waals surface area (Å²) in [4.78, 5) is 1.37. The number of hydrogen-bond donors (Lipinski definition) is 0. The molecule has 0 aromatic carbocycles. The first kappa shape index (κ1) is 9.53. The van der Waals surface area contributed by atoms with Gasteiger partial charge in [0.15, 0.2) is 0 Å². The largest absolute Gasteiger partial charge is 0.144 e. The second kappa shape index (κ2) is 6.01. The third-order valence-corrected chi connectivity index (χ3v) is 2.64. The van der Waals surface area contributed by atoms with Crippen molar-refractivity contribution >= 4 is 17.4 Å². The Morgan fingerprint density at radius 2 is 2.33 bits per heavy atom. The molecule has 0 amide bonds. The van der Waals surface area contributed by atoms with Crippen molar-refractivity contribution in [2.45, 2.75) is 32.6 Å². The maximum atomic E-state index is 2.28. The highest BCUT2D eigenvalue weighted by molar-refractivity contribution is 7.10. The van der Waals surface area contributed by atoms with Crippen molar-refractivity contribution in [3.8, 4) is 0 Å². The van der Waals surface area contributed by atoms with Gasteiger partial charge in [-0.25, -0.2) is 0 Å². The van der Waals surface area contributed by atoms with Crippen LogP contribution in [0.1, 0.15) is 37.5 Å². The van der Waals surface area contributed by atoms with E-state index >= 15 is 0 Å². The van der Waals surface area contributed by atoms with E-state index in [4.69, 9.17) is 0 Å². The molecular formula is C11H16S. The molecule has 1 rings (SSSR count). The molecule has 1 heterocycles. The summed E-state index contributed by atoms with van der Waals surface area (Å²) in [5.41, 5.74) is 0. The number of thiophene rings is 1. The average molecular weight is 180 g/mol. The Labute approximate surface area is 78.9 Å². The first-order chi connectivity index (χ1) is 5.93. The lowest BCUT2D eigenvalue weighted by atomic mass is 10.2. The molecule has 66 valence electrons. The maximum absolute atomic E-state index is 2.28. The smallest absolute Gasteiger partial charge is 0.0267 e. The van der Waals surface area contributed by atoms with Gasteiger partial charge in [0.05, 0.1) is 0 Å². The zero-order valence-corrected chi connectivity index (χ0v) is 8.44. The van der Waals surface area contributed by atoms with Crippen LogP contribution in [0.2, 0.25) is 0 Å². The van der Waals surface area contributed by atoms with Gasteiger partial charge in [-0.05, 0) is 30.4 Å². The number of allylic oxidation sites excluding steroid dienone is 1. The Hall–Kier alpha value is -0.560. The fourth-order valence-electron chi connectivity index (χ4n) is 1.10. The van der Waals surface area contributed by atoms with Crippen molar-refractivity contribution < 1.29 is 0 Å². The molecule has 1 aromatic rings. The van der Waals surface area contributed by atoms with E-state index in [9.17, 15) is 0 Å². The molecule has 0 aliphatic carbocycles. The van der Waals surface area contributed by atoms with Crippen LogP contribution in [0.25, 0.3) is 6.08 Å². The van der Waals surface area contributed by atoms with Crippen LogP contribution in [0.3, 0.4) is 0 Å². The number of unbranched alkanes of at least 4 members (excludes halogenated alkanes) is 3. The van der Waals surface area contributed by atoms with Crippen LogP contribution in [0, 0.1) is 0 Å². The van der Waals surface area contributed by atoms with Crippen molar-refractivity contribution in [1.82, 2.24) is 0 Å². The van der Waals surface area contributed by atoms with Crippen LogP contribution in [-0.2, 0) is 0 Å². The molecule has 0 saturated carbocycles. The van der Waals surface area contributed by atoms with E-state index in [2.05, 4.69) is 36.6 Å². The van der Waals surface area contributed by atoms with Gasteiger partial charge in [-0.3, -0.25) is 0 Å². The van der Waals surface area contributed by atoms with E-state index in [-0.39, 0.29) is 0 Å². The van der Waals surface area contributed by atoms with E-state index in [0.717, 1.165) is 0 Å². The second-order valence-corrected chi connectivity index (χ2v) is 3.89. The summed E-state index contributed by atoms with van der Waals surface area (Å²) in [7, 11) is 0. The zero-order valence-electron chi connectivity index (χ0n) is 7.62. The summed E-state index contributed by atoms with van der Waals surface area (Å²) in [5, 5.41) is 2.12. The molecule has 0 N–H and O–H groups in total. The predicted molar refractivity (Wildman–Crippen MR) is 57.5 cm³/mol. The Kier molecular flexibility index (Phi) is 4.77. The van der Waals surface area contributed by atoms with E-state index in [0.29, 0.717) is 0 Å². The molecule has 1 heteroatoms. The minimum absolute atomic E-state index is 1.23. The molecule has 0 unspecified atom stereocenters. The van der Waals surface area contributed by atoms with Crippen LogP contribution in [0.5, 0.6) is 0 Å². The zero-order chi connectivity index (χ0) is 8.65. The first-order valence-electron chi connectivity index (χ1n) is 4.63. The van der Waals surface area contributed by atoms with Gasteiger partial charge >= 0.3 is 0 Å². The van der Waals surface area contributed by atoms with E-state index in [1.165, 1.54) is 30.6 Å². The van der Waals surface area contributed by atoms with Gasteiger partial charge in [0, 0.05) is 4.88 Å². The van der Waals surface area contributed by atoms with Crippen LogP contribution >= 0.6 is 11.3 Å². The molecule has 0 aliphatic heterocycles. The van der Waals surface area contributed by atoms with Crippen LogP contribution in [-0.4, -0.2) is 0 Å². The van der Waals surface area contributed by atoms with Gasteiger partial charge in [-0.15, -0.1) is 11.3 Å². The van der Waals surface area contributed by atoms with Crippen LogP contribution in [0.15, 0.2) is 23.6 Å². The molecule has 0 aliphatic rings. The molecule has 12 heavy (non-hydrogen) atoms. The monoisotopic (exact) mass is 180 g/mol. The molecule has 0 radical (unpaired) electrons. The molecule has 0 nitrogen and oxygen atoms in total. The SMILES string of the molecule is CCCCCC=Cc1cccs1. The molecule has 0 spiro atoms. The summed E-state index contributed by atoms with van der Waals surface area (Å²) in [6.45, 7) is 2.24. The predicted octanol–water partition coefficient (Wildman–Crippen LogP) is 4.34. The highest BCUT2D eigenvalue weighted by Crippen LogP contribution is 2.11. The van der Waals surface area contributed by atoms with E-state index < -0.39 is 0 Å². The third kappa shape index (κ3) is 3.72. The summed E-state index contributed by atoms with van der Waals surface area (Å²) >= 11 is 1.80. The molecule has 0 fully saturated rings. The van der Waals surface area contributed by atoms with E-state index in [1.54, 1.807) is 11.3 Å². The summed E-state index contributed by atoms with van der Waals surface area (Å²) < 4.78 is 0. The highest BCUT2D eigenvalue weighted by atomic mass is 32.1. The number of hydrogen-bond acceptors (Lipinski definition) is 1. The van der Waals surface area contributed by atoms with Crippen molar-refractivity contribution in [2.24, 2.45) is 0 Å². The summed E-state index contributed by atoms with van der Waals surface area (Å²) in [6.07, 6.45) is 9.73. The van der Waals surface area contributed by atoms with Crippen molar-refractivity contribution in [1.29, 1.82) is 0 Å². The second-order valence-electron chi connectivity index (χ2n) is 2.91. The first-order valence-corrected chi connectivity index (χ1v) is 5.51. The lowest BCUT2D eigenvalue weighted by Crippen LogP contribution is -1.69. The van der Waals surface area contributed by atoms with Gasteiger partial charge < -0.3 is 0 Å². The number of rotatable bonds is 5. The quantitative estimate of drug-likeness (QED) is 0.591.